The Morgan fingerprint density at radius 3 is 2.21 bits per heavy atom. The minimum atomic E-state index is -4.26. The highest BCUT2D eigenvalue weighted by atomic mass is 79.9. The third-order valence-corrected chi connectivity index (χ3v) is 3.63. The number of hydrogen-bond donors (Lipinski definition) is 0. The van der Waals surface area contributed by atoms with Crippen molar-refractivity contribution < 1.29 is 22.6 Å². The zero-order chi connectivity index (χ0) is 14.5. The van der Waals surface area contributed by atoms with Crippen molar-refractivity contribution in [3.63, 3.8) is 0 Å². The molecule has 0 N–H and O–H groups in total. The predicted molar refractivity (Wildman–Crippen MR) is 70.6 cm³/mol. The summed E-state index contributed by atoms with van der Waals surface area (Å²) in [5.41, 5.74) is 2.12. The minimum absolute atomic E-state index is 0.0357. The lowest BCUT2D eigenvalue weighted by Gasteiger charge is -2.11. The largest absolute Gasteiger partial charge is 0.493 e. The molecule has 0 bridgehead atoms. The molecule has 0 saturated carbocycles. The summed E-state index contributed by atoms with van der Waals surface area (Å²) in [6, 6.07) is 3.77. The summed E-state index contributed by atoms with van der Waals surface area (Å²) < 4.78 is 46.4. The predicted octanol–water partition coefficient (Wildman–Crippen LogP) is 4.41. The van der Waals surface area contributed by atoms with Gasteiger partial charge in [0.05, 0.1) is 13.2 Å². The number of rotatable bonds is 6. The third-order valence-electron chi connectivity index (χ3n) is 2.38. The van der Waals surface area contributed by atoms with Gasteiger partial charge in [-0.05, 0) is 37.1 Å². The second-order valence-electron chi connectivity index (χ2n) is 4.24. The summed E-state index contributed by atoms with van der Waals surface area (Å²) in [5.74, 6) is 0.717. The van der Waals surface area contributed by atoms with Gasteiger partial charge in [0.15, 0.2) is 0 Å². The van der Waals surface area contributed by atoms with Gasteiger partial charge in [0.2, 0.25) is 0 Å². The monoisotopic (exact) mass is 340 g/mol. The van der Waals surface area contributed by atoms with Gasteiger partial charge in [-0.1, -0.05) is 15.9 Å². The van der Waals surface area contributed by atoms with Crippen LogP contribution in [0.1, 0.15) is 17.5 Å². The van der Waals surface area contributed by atoms with Crippen LogP contribution in [0.3, 0.4) is 0 Å². The number of hydrogen-bond acceptors (Lipinski definition) is 2. The fourth-order valence-electron chi connectivity index (χ4n) is 1.53. The van der Waals surface area contributed by atoms with Gasteiger partial charge in [-0.3, -0.25) is 0 Å². The molecule has 0 aliphatic carbocycles. The molecule has 0 aliphatic heterocycles. The molecule has 0 aliphatic rings. The average molecular weight is 341 g/mol. The first-order chi connectivity index (χ1) is 8.79. The maximum Gasteiger partial charge on any atom is 0.411 e. The molecule has 108 valence electrons. The van der Waals surface area contributed by atoms with Crippen LogP contribution in [-0.2, 0) is 4.74 Å². The van der Waals surface area contributed by atoms with Crippen molar-refractivity contribution in [2.45, 2.75) is 26.4 Å². The van der Waals surface area contributed by atoms with Crippen LogP contribution >= 0.6 is 15.9 Å². The van der Waals surface area contributed by atoms with Crippen molar-refractivity contribution in [1.82, 2.24) is 0 Å². The Morgan fingerprint density at radius 2 is 1.68 bits per heavy atom. The zero-order valence-corrected chi connectivity index (χ0v) is 12.4. The normalized spacial score (nSPS) is 11.7. The van der Waals surface area contributed by atoms with E-state index in [2.05, 4.69) is 20.7 Å². The molecule has 0 fully saturated rings. The first-order valence-corrected chi connectivity index (χ1v) is 6.63. The van der Waals surface area contributed by atoms with E-state index in [4.69, 9.17) is 4.74 Å². The van der Waals surface area contributed by atoms with Crippen molar-refractivity contribution in [3.8, 4) is 5.75 Å². The molecule has 1 aromatic carbocycles. The van der Waals surface area contributed by atoms with Crippen LogP contribution < -0.4 is 4.74 Å². The first-order valence-electron chi connectivity index (χ1n) is 5.83. The molecule has 0 spiro atoms. The smallest absolute Gasteiger partial charge is 0.411 e. The molecule has 0 saturated heterocycles. The molecule has 0 heterocycles. The Hall–Kier alpha value is -0.750. The molecular weight excluding hydrogens is 325 g/mol. The Bertz CT molecular complexity index is 396. The molecule has 1 rings (SSSR count). The van der Waals surface area contributed by atoms with Crippen LogP contribution in [0, 0.1) is 13.8 Å². The maximum atomic E-state index is 11.8. The lowest BCUT2D eigenvalue weighted by molar-refractivity contribution is -0.174. The summed E-state index contributed by atoms with van der Waals surface area (Å²) in [5, 5.41) is 0. The summed E-state index contributed by atoms with van der Waals surface area (Å²) in [4.78, 5) is 0. The molecule has 0 atom stereocenters. The molecule has 1 aromatic rings. The van der Waals surface area contributed by atoms with Crippen molar-refractivity contribution in [2.75, 3.05) is 19.8 Å². The Labute approximate surface area is 119 Å². The van der Waals surface area contributed by atoms with E-state index in [1.807, 2.05) is 26.0 Å². The van der Waals surface area contributed by atoms with Gasteiger partial charge >= 0.3 is 6.18 Å². The molecule has 2 nitrogen and oxygen atoms in total. The Balaban J connectivity index is 2.27. The minimum Gasteiger partial charge on any atom is -0.493 e. The van der Waals surface area contributed by atoms with Gasteiger partial charge in [-0.2, -0.15) is 13.2 Å². The van der Waals surface area contributed by atoms with Gasteiger partial charge < -0.3 is 9.47 Å². The molecule has 0 radical (unpaired) electrons. The van der Waals surface area contributed by atoms with Gasteiger partial charge in [0.1, 0.15) is 12.4 Å². The number of benzene rings is 1. The van der Waals surface area contributed by atoms with E-state index in [0.29, 0.717) is 18.8 Å². The topological polar surface area (TPSA) is 18.5 Å². The molecular formula is C13H16BrF3O2. The summed E-state index contributed by atoms with van der Waals surface area (Å²) in [7, 11) is 0. The molecule has 0 unspecified atom stereocenters. The van der Waals surface area contributed by atoms with Crippen LogP contribution in [0.15, 0.2) is 16.6 Å². The Morgan fingerprint density at radius 1 is 1.11 bits per heavy atom. The number of ether oxygens (including phenoxy) is 2. The standard InChI is InChI=1S/C13H16BrF3O2/c1-9-6-11(7-10(2)12(9)14)19-5-3-4-18-8-13(15,16)17/h6-7H,3-5,8H2,1-2H3. The Kier molecular flexibility index (Phi) is 6.13. The fourth-order valence-corrected chi connectivity index (χ4v) is 1.76. The summed E-state index contributed by atoms with van der Waals surface area (Å²) in [6.07, 6.45) is -3.84. The van der Waals surface area contributed by atoms with Crippen molar-refractivity contribution in [1.29, 1.82) is 0 Å². The highest BCUT2D eigenvalue weighted by Crippen LogP contribution is 2.26. The third kappa shape index (κ3) is 6.29. The highest BCUT2D eigenvalue weighted by molar-refractivity contribution is 9.10. The fraction of sp³-hybridized carbons (Fsp3) is 0.538. The number of aryl methyl sites for hydroxylation is 2. The van der Waals surface area contributed by atoms with E-state index in [0.717, 1.165) is 15.6 Å². The van der Waals surface area contributed by atoms with Crippen molar-refractivity contribution >= 4 is 15.9 Å². The maximum absolute atomic E-state index is 11.8. The van der Waals surface area contributed by atoms with E-state index in [1.165, 1.54) is 0 Å². The van der Waals surface area contributed by atoms with E-state index < -0.39 is 12.8 Å². The second kappa shape index (κ2) is 7.14. The summed E-state index contributed by atoms with van der Waals surface area (Å²) in [6.45, 7) is 3.07. The van der Waals surface area contributed by atoms with E-state index in [1.54, 1.807) is 0 Å². The van der Waals surface area contributed by atoms with Crippen LogP contribution in [0.2, 0.25) is 0 Å². The molecule has 19 heavy (non-hydrogen) atoms. The highest BCUT2D eigenvalue weighted by Gasteiger charge is 2.27. The summed E-state index contributed by atoms with van der Waals surface area (Å²) >= 11 is 3.45. The SMILES string of the molecule is Cc1cc(OCCCOCC(F)(F)F)cc(C)c1Br. The van der Waals surface area contributed by atoms with Gasteiger partial charge in [-0.25, -0.2) is 0 Å². The van der Waals surface area contributed by atoms with Crippen LogP contribution in [0.25, 0.3) is 0 Å². The van der Waals surface area contributed by atoms with E-state index in [-0.39, 0.29) is 6.61 Å². The number of halogens is 4. The number of alkyl halides is 3. The molecule has 0 amide bonds. The molecule has 0 aromatic heterocycles. The molecule has 6 heteroatoms. The van der Waals surface area contributed by atoms with Gasteiger partial charge in [0, 0.05) is 10.9 Å². The van der Waals surface area contributed by atoms with Gasteiger partial charge in [0.25, 0.3) is 0 Å². The van der Waals surface area contributed by atoms with Gasteiger partial charge in [-0.15, -0.1) is 0 Å². The lowest BCUT2D eigenvalue weighted by atomic mass is 10.1. The lowest BCUT2D eigenvalue weighted by Crippen LogP contribution is -2.18. The van der Waals surface area contributed by atoms with Crippen LogP contribution in [-0.4, -0.2) is 26.0 Å². The van der Waals surface area contributed by atoms with E-state index >= 15 is 0 Å². The van der Waals surface area contributed by atoms with Crippen molar-refractivity contribution in [3.05, 3.63) is 27.7 Å². The average Bonchev–Trinajstić information content (AvgIpc) is 2.29. The van der Waals surface area contributed by atoms with E-state index in [9.17, 15) is 13.2 Å². The van der Waals surface area contributed by atoms with Crippen LogP contribution in [0.4, 0.5) is 13.2 Å². The first kappa shape index (κ1) is 16.3. The van der Waals surface area contributed by atoms with Crippen LogP contribution in [0.5, 0.6) is 5.75 Å². The quantitative estimate of drug-likeness (QED) is 0.714. The second-order valence-corrected chi connectivity index (χ2v) is 5.03. The zero-order valence-electron chi connectivity index (χ0n) is 10.8. The van der Waals surface area contributed by atoms with Crippen molar-refractivity contribution in [2.24, 2.45) is 0 Å².